The molecule has 1 aliphatic carbocycles. The Morgan fingerprint density at radius 3 is 1.33 bits per heavy atom. The number of benzene rings is 12. The number of rotatable bonds is 9. The summed E-state index contributed by atoms with van der Waals surface area (Å²) in [5, 5.41) is 5.00. The van der Waals surface area contributed by atoms with Crippen LogP contribution in [0.4, 0.5) is 17.1 Å². The normalized spacial score (nSPS) is 12.4. The third-order valence-electron chi connectivity index (χ3n) is 14.5. The smallest absolute Gasteiger partial charge is 0.0714 e. The Morgan fingerprint density at radius 2 is 0.671 bits per heavy atom. The maximum atomic E-state index is 2.46. The summed E-state index contributed by atoms with van der Waals surface area (Å²) in [6.07, 6.45) is 0. The van der Waals surface area contributed by atoms with E-state index in [-0.39, 0.29) is 0 Å². The molecule has 1 aliphatic rings. The van der Waals surface area contributed by atoms with Crippen molar-refractivity contribution in [1.29, 1.82) is 0 Å². The fourth-order valence-electron chi connectivity index (χ4n) is 11.5. The van der Waals surface area contributed by atoms with Gasteiger partial charge in [-0.15, -0.1) is 0 Å². The van der Waals surface area contributed by atoms with E-state index in [0.717, 1.165) is 22.6 Å². The first kappa shape index (κ1) is 41.2. The van der Waals surface area contributed by atoms with Crippen molar-refractivity contribution in [2.75, 3.05) is 4.90 Å². The second-order valence-corrected chi connectivity index (χ2v) is 18.3. The average Bonchev–Trinajstić information content (AvgIpc) is 3.74. The van der Waals surface area contributed by atoms with Gasteiger partial charge in [-0.1, -0.05) is 243 Å². The highest BCUT2D eigenvalue weighted by Gasteiger charge is 2.46. The van der Waals surface area contributed by atoms with E-state index in [0.29, 0.717) is 0 Å². The molecule has 0 amide bonds. The molecule has 1 nitrogen and oxygen atoms in total. The lowest BCUT2D eigenvalue weighted by Crippen LogP contribution is -2.28. The average molecular weight is 890 g/mol. The van der Waals surface area contributed by atoms with Gasteiger partial charge in [0.1, 0.15) is 0 Å². The maximum Gasteiger partial charge on any atom is 0.0714 e. The van der Waals surface area contributed by atoms with Gasteiger partial charge in [-0.2, -0.15) is 0 Å². The van der Waals surface area contributed by atoms with Crippen LogP contribution in [0.3, 0.4) is 0 Å². The van der Waals surface area contributed by atoms with Crippen molar-refractivity contribution in [2.45, 2.75) is 5.41 Å². The predicted octanol–water partition coefficient (Wildman–Crippen LogP) is 18.5. The molecule has 0 N–H and O–H groups in total. The van der Waals surface area contributed by atoms with E-state index in [2.05, 4.69) is 290 Å². The van der Waals surface area contributed by atoms with Crippen LogP contribution in [0.5, 0.6) is 0 Å². The number of nitrogens with zero attached hydrogens (tertiary/aromatic N) is 1. The molecule has 0 aromatic heterocycles. The molecule has 328 valence electrons. The standard InChI is InChI=1S/C69H47N/c1-6-21-48(22-7-1)52-27-20-32-57(45-52)70(58-42-44-62-61-34-18-19-36-65(61)69(66(62)47-58,54-28-12-4-13-29-54)55-30-14-5-15-31-55)56-40-37-49(38-41-56)53-39-43-60-59-33-16-17-35-63(59)67(50-23-8-2-9-24-50)68(64(60)46-53)51-25-10-3-11-26-51/h1-47H. The van der Waals surface area contributed by atoms with Gasteiger partial charge in [0.2, 0.25) is 0 Å². The molecule has 12 aromatic rings. The Labute approximate surface area is 409 Å². The Morgan fingerprint density at radius 1 is 0.229 bits per heavy atom. The third kappa shape index (κ3) is 6.78. The lowest BCUT2D eigenvalue weighted by atomic mass is 9.67. The molecule has 13 rings (SSSR count). The zero-order valence-corrected chi connectivity index (χ0v) is 38.6. The molecule has 0 saturated heterocycles. The Kier molecular flexibility index (Phi) is 10.1. The number of hydrogen-bond acceptors (Lipinski definition) is 1. The molecular formula is C69H47N. The van der Waals surface area contributed by atoms with Crippen LogP contribution in [0.15, 0.2) is 285 Å². The summed E-state index contributed by atoms with van der Waals surface area (Å²) in [5.74, 6) is 0. The van der Waals surface area contributed by atoms with Crippen molar-refractivity contribution in [1.82, 2.24) is 0 Å². The zero-order chi connectivity index (χ0) is 46.4. The lowest BCUT2D eigenvalue weighted by molar-refractivity contribution is 0.768. The third-order valence-corrected chi connectivity index (χ3v) is 14.5. The van der Waals surface area contributed by atoms with Crippen molar-refractivity contribution in [3.05, 3.63) is 307 Å². The number of anilines is 3. The van der Waals surface area contributed by atoms with Gasteiger partial charge in [-0.25, -0.2) is 0 Å². The first-order valence-electron chi connectivity index (χ1n) is 24.2. The van der Waals surface area contributed by atoms with Gasteiger partial charge in [0, 0.05) is 17.1 Å². The van der Waals surface area contributed by atoms with Crippen LogP contribution in [-0.2, 0) is 5.41 Å². The zero-order valence-electron chi connectivity index (χ0n) is 38.6. The second-order valence-electron chi connectivity index (χ2n) is 18.3. The molecule has 0 unspecified atom stereocenters. The molecule has 1 heteroatoms. The van der Waals surface area contributed by atoms with E-state index in [1.54, 1.807) is 0 Å². The highest BCUT2D eigenvalue weighted by Crippen LogP contribution is 2.57. The lowest BCUT2D eigenvalue weighted by Gasteiger charge is -2.35. The largest absolute Gasteiger partial charge is 0.310 e. The molecule has 12 aromatic carbocycles. The summed E-state index contributed by atoms with van der Waals surface area (Å²) >= 11 is 0. The fraction of sp³-hybridized carbons (Fsp3) is 0.0145. The summed E-state index contributed by atoms with van der Waals surface area (Å²) in [5.41, 5.74) is 20.0. The van der Waals surface area contributed by atoms with Gasteiger partial charge in [0.05, 0.1) is 5.41 Å². The number of hydrogen-bond donors (Lipinski definition) is 0. The number of fused-ring (bicyclic) bond motifs is 6. The van der Waals surface area contributed by atoms with E-state index in [9.17, 15) is 0 Å². The minimum absolute atomic E-state index is 0.522. The van der Waals surface area contributed by atoms with Crippen LogP contribution < -0.4 is 4.90 Å². The Hall–Kier alpha value is -9.04. The Bertz CT molecular complexity index is 3800. The highest BCUT2D eigenvalue weighted by molar-refractivity contribution is 6.22. The summed E-state index contributed by atoms with van der Waals surface area (Å²) in [7, 11) is 0. The summed E-state index contributed by atoms with van der Waals surface area (Å²) in [6, 6.07) is 105. The van der Waals surface area contributed by atoms with Crippen molar-refractivity contribution in [3.63, 3.8) is 0 Å². The molecule has 0 atom stereocenters. The molecular weight excluding hydrogens is 843 g/mol. The van der Waals surface area contributed by atoms with E-state index in [4.69, 9.17) is 0 Å². The predicted molar refractivity (Wildman–Crippen MR) is 295 cm³/mol. The van der Waals surface area contributed by atoms with Gasteiger partial charge in [0.15, 0.2) is 0 Å². The minimum atomic E-state index is -0.522. The van der Waals surface area contributed by atoms with Gasteiger partial charge in [0.25, 0.3) is 0 Å². The van der Waals surface area contributed by atoms with Gasteiger partial charge >= 0.3 is 0 Å². The van der Waals surface area contributed by atoms with E-state index >= 15 is 0 Å². The fourth-order valence-corrected chi connectivity index (χ4v) is 11.5. The van der Waals surface area contributed by atoms with Crippen LogP contribution in [0.2, 0.25) is 0 Å². The summed E-state index contributed by atoms with van der Waals surface area (Å²) < 4.78 is 0. The quantitative estimate of drug-likeness (QED) is 0.131. The van der Waals surface area contributed by atoms with Gasteiger partial charge in [-0.05, 0) is 142 Å². The first-order chi connectivity index (χ1) is 34.7. The van der Waals surface area contributed by atoms with Gasteiger partial charge < -0.3 is 4.90 Å². The topological polar surface area (TPSA) is 3.24 Å². The van der Waals surface area contributed by atoms with Crippen LogP contribution in [0.25, 0.3) is 77.2 Å². The van der Waals surface area contributed by atoms with E-state index < -0.39 is 5.41 Å². The summed E-state index contributed by atoms with van der Waals surface area (Å²) in [4.78, 5) is 2.44. The van der Waals surface area contributed by atoms with Crippen LogP contribution in [0, 0.1) is 0 Å². The molecule has 0 spiro atoms. The van der Waals surface area contributed by atoms with E-state index in [1.807, 2.05) is 0 Å². The van der Waals surface area contributed by atoms with Crippen molar-refractivity contribution < 1.29 is 0 Å². The summed E-state index contributed by atoms with van der Waals surface area (Å²) in [6.45, 7) is 0. The van der Waals surface area contributed by atoms with E-state index in [1.165, 1.54) is 93.9 Å². The van der Waals surface area contributed by atoms with Crippen molar-refractivity contribution in [3.8, 4) is 55.6 Å². The molecule has 0 bridgehead atoms. The Balaban J connectivity index is 0.998. The van der Waals surface area contributed by atoms with Crippen molar-refractivity contribution >= 4 is 38.6 Å². The second kappa shape index (κ2) is 17.2. The van der Waals surface area contributed by atoms with Gasteiger partial charge in [-0.3, -0.25) is 0 Å². The van der Waals surface area contributed by atoms with Crippen molar-refractivity contribution in [2.24, 2.45) is 0 Å². The van der Waals surface area contributed by atoms with Crippen LogP contribution >= 0.6 is 0 Å². The molecule has 0 saturated carbocycles. The molecule has 0 aliphatic heterocycles. The van der Waals surface area contributed by atoms with Crippen LogP contribution in [0.1, 0.15) is 22.3 Å². The monoisotopic (exact) mass is 889 g/mol. The molecule has 70 heavy (non-hydrogen) atoms. The minimum Gasteiger partial charge on any atom is -0.310 e. The maximum absolute atomic E-state index is 2.46. The highest BCUT2D eigenvalue weighted by atomic mass is 15.1. The SMILES string of the molecule is c1ccc(-c2cccc(N(c3ccc(-c4ccc5c(c4)c(-c4ccccc4)c(-c4ccccc4)c4ccccc45)cc3)c3ccc4c(c3)C(c3ccccc3)(c3ccccc3)c3ccccc3-4)c2)cc1. The first-order valence-corrected chi connectivity index (χ1v) is 24.2. The molecule has 0 radical (unpaired) electrons. The molecule has 0 heterocycles. The molecule has 0 fully saturated rings. The van der Waals surface area contributed by atoms with Crippen LogP contribution in [-0.4, -0.2) is 0 Å².